The first-order chi connectivity index (χ1) is 16.0. The topological polar surface area (TPSA) is 103 Å². The second-order valence-corrected chi connectivity index (χ2v) is 8.56. The molecular weight excluding hydrogens is 422 g/mol. The van der Waals surface area contributed by atoms with Crippen molar-refractivity contribution in [2.24, 2.45) is 0 Å². The number of ether oxygens (including phenoxy) is 2. The van der Waals surface area contributed by atoms with E-state index >= 15 is 0 Å². The Labute approximate surface area is 192 Å². The summed E-state index contributed by atoms with van der Waals surface area (Å²) in [5.41, 5.74) is 3.73. The van der Waals surface area contributed by atoms with Crippen LogP contribution in [-0.4, -0.2) is 52.4 Å². The Bertz CT molecular complexity index is 1150. The standard InChI is InChI=1S/C24H27N5O4/c1-15-9-21(33-28-15)19-12-25-16(2)27-24(19)18-5-7-29(8-6-18)13-23(30)26-11-17-3-4-20-22(10-17)32-14-31-20/h3-4,9-10,12,18H,5-8,11,13-14H2,1-2H3,(H,26,30). The van der Waals surface area contributed by atoms with E-state index in [1.807, 2.05) is 44.3 Å². The highest BCUT2D eigenvalue weighted by atomic mass is 16.7. The number of likely N-dealkylation sites (tertiary alicyclic amines) is 1. The maximum absolute atomic E-state index is 12.5. The van der Waals surface area contributed by atoms with Gasteiger partial charge in [0.05, 0.1) is 23.5 Å². The first-order valence-corrected chi connectivity index (χ1v) is 11.2. The van der Waals surface area contributed by atoms with Crippen LogP contribution in [0.4, 0.5) is 0 Å². The molecule has 0 aliphatic carbocycles. The van der Waals surface area contributed by atoms with Gasteiger partial charge in [0.2, 0.25) is 12.7 Å². The molecule has 0 radical (unpaired) electrons. The molecule has 3 aromatic rings. The zero-order valence-corrected chi connectivity index (χ0v) is 18.8. The molecule has 1 fully saturated rings. The van der Waals surface area contributed by atoms with E-state index < -0.39 is 0 Å². The van der Waals surface area contributed by atoms with E-state index in [9.17, 15) is 4.79 Å². The fourth-order valence-electron chi connectivity index (χ4n) is 4.35. The quantitative estimate of drug-likeness (QED) is 0.613. The summed E-state index contributed by atoms with van der Waals surface area (Å²) in [5, 5.41) is 7.01. The van der Waals surface area contributed by atoms with Gasteiger partial charge in [0, 0.05) is 24.7 Å². The third kappa shape index (κ3) is 4.83. The molecule has 9 heteroatoms. The number of nitrogens with zero attached hydrogens (tertiary/aromatic N) is 4. The van der Waals surface area contributed by atoms with Gasteiger partial charge in [0.1, 0.15) is 5.82 Å². The maximum atomic E-state index is 12.5. The van der Waals surface area contributed by atoms with Gasteiger partial charge >= 0.3 is 0 Å². The molecule has 1 N–H and O–H groups in total. The maximum Gasteiger partial charge on any atom is 0.234 e. The minimum atomic E-state index is 0.0156. The van der Waals surface area contributed by atoms with Crippen molar-refractivity contribution in [1.29, 1.82) is 0 Å². The number of rotatable bonds is 6. The summed E-state index contributed by atoms with van der Waals surface area (Å²) in [4.78, 5) is 23.8. The molecule has 2 aliphatic heterocycles. The molecule has 1 amide bonds. The normalized spacial score (nSPS) is 16.2. The number of nitrogens with one attached hydrogen (secondary N) is 1. The van der Waals surface area contributed by atoms with E-state index in [0.717, 1.165) is 65.8 Å². The van der Waals surface area contributed by atoms with Crippen LogP contribution in [-0.2, 0) is 11.3 Å². The lowest BCUT2D eigenvalue weighted by atomic mass is 9.90. The van der Waals surface area contributed by atoms with Crippen LogP contribution in [0.15, 0.2) is 35.0 Å². The van der Waals surface area contributed by atoms with Crippen LogP contribution in [0.3, 0.4) is 0 Å². The number of benzene rings is 1. The van der Waals surface area contributed by atoms with Gasteiger partial charge in [-0.3, -0.25) is 9.69 Å². The van der Waals surface area contributed by atoms with Crippen LogP contribution < -0.4 is 14.8 Å². The van der Waals surface area contributed by atoms with Gasteiger partial charge in [-0.1, -0.05) is 11.2 Å². The van der Waals surface area contributed by atoms with Crippen LogP contribution in [0.2, 0.25) is 0 Å². The van der Waals surface area contributed by atoms with Gasteiger partial charge in [0.15, 0.2) is 17.3 Å². The Balaban J connectivity index is 1.15. The molecule has 172 valence electrons. The lowest BCUT2D eigenvalue weighted by Gasteiger charge is -2.31. The van der Waals surface area contributed by atoms with Gasteiger partial charge in [-0.05, 0) is 57.5 Å². The van der Waals surface area contributed by atoms with Crippen LogP contribution in [0.25, 0.3) is 11.3 Å². The number of hydrogen-bond acceptors (Lipinski definition) is 8. The highest BCUT2D eigenvalue weighted by Crippen LogP contribution is 2.34. The smallest absolute Gasteiger partial charge is 0.234 e. The predicted molar refractivity (Wildman–Crippen MR) is 120 cm³/mol. The Morgan fingerprint density at radius 3 is 2.76 bits per heavy atom. The van der Waals surface area contributed by atoms with Crippen molar-refractivity contribution in [2.45, 2.75) is 39.2 Å². The minimum Gasteiger partial charge on any atom is -0.454 e. The molecule has 2 aliphatic rings. The molecule has 0 atom stereocenters. The van der Waals surface area contributed by atoms with E-state index in [4.69, 9.17) is 19.0 Å². The molecule has 33 heavy (non-hydrogen) atoms. The van der Waals surface area contributed by atoms with E-state index in [1.54, 1.807) is 0 Å². The van der Waals surface area contributed by atoms with Crippen LogP contribution >= 0.6 is 0 Å². The summed E-state index contributed by atoms with van der Waals surface area (Å²) in [5.74, 6) is 3.22. The monoisotopic (exact) mass is 449 g/mol. The van der Waals surface area contributed by atoms with Crippen LogP contribution in [0, 0.1) is 13.8 Å². The molecule has 1 saturated heterocycles. The van der Waals surface area contributed by atoms with Gasteiger partial charge in [-0.15, -0.1) is 0 Å². The third-order valence-electron chi connectivity index (χ3n) is 6.10. The summed E-state index contributed by atoms with van der Waals surface area (Å²) >= 11 is 0. The number of piperidine rings is 1. The first-order valence-electron chi connectivity index (χ1n) is 11.2. The van der Waals surface area contributed by atoms with E-state index in [0.29, 0.717) is 24.8 Å². The van der Waals surface area contributed by atoms with Crippen LogP contribution in [0.5, 0.6) is 11.5 Å². The number of aromatic nitrogens is 3. The largest absolute Gasteiger partial charge is 0.454 e. The second-order valence-electron chi connectivity index (χ2n) is 8.56. The van der Waals surface area contributed by atoms with Gasteiger partial charge in [-0.2, -0.15) is 0 Å². The SMILES string of the molecule is Cc1cc(-c2cnc(C)nc2C2CCN(CC(=O)NCc3ccc4c(c3)OCO4)CC2)on1. The predicted octanol–water partition coefficient (Wildman–Crippen LogP) is 2.97. The van der Waals surface area contributed by atoms with Crippen molar-refractivity contribution in [3.63, 3.8) is 0 Å². The fourth-order valence-corrected chi connectivity index (χ4v) is 4.35. The van der Waals surface area contributed by atoms with Gasteiger partial charge in [0.25, 0.3) is 0 Å². The molecule has 0 spiro atoms. The minimum absolute atomic E-state index is 0.0156. The number of carbonyl (C=O) groups is 1. The molecule has 0 saturated carbocycles. The zero-order valence-electron chi connectivity index (χ0n) is 18.8. The van der Waals surface area contributed by atoms with E-state index in [2.05, 4.69) is 20.4 Å². The fraction of sp³-hybridized carbons (Fsp3) is 0.417. The summed E-state index contributed by atoms with van der Waals surface area (Å²) in [6.07, 6.45) is 3.67. The summed E-state index contributed by atoms with van der Waals surface area (Å²) in [6.45, 7) is 6.56. The Hall–Kier alpha value is -3.46. The molecule has 2 aromatic heterocycles. The molecule has 4 heterocycles. The summed E-state index contributed by atoms with van der Waals surface area (Å²) in [6, 6.07) is 7.64. The van der Waals surface area contributed by atoms with Crippen molar-refractivity contribution < 1.29 is 18.8 Å². The molecule has 0 unspecified atom stereocenters. The van der Waals surface area contributed by atoms with Gasteiger partial charge in [-0.25, -0.2) is 9.97 Å². The first kappa shape index (κ1) is 21.4. The number of amides is 1. The second kappa shape index (κ2) is 9.19. The molecule has 9 nitrogen and oxygen atoms in total. The van der Waals surface area contributed by atoms with Crippen molar-refractivity contribution in [1.82, 2.24) is 25.3 Å². The number of aryl methyl sites for hydroxylation is 2. The van der Waals surface area contributed by atoms with Crippen molar-refractivity contribution in [2.75, 3.05) is 26.4 Å². The lowest BCUT2D eigenvalue weighted by molar-refractivity contribution is -0.122. The van der Waals surface area contributed by atoms with E-state index in [1.165, 1.54) is 0 Å². The van der Waals surface area contributed by atoms with Crippen LogP contribution in [0.1, 0.15) is 41.5 Å². The highest BCUT2D eigenvalue weighted by Gasteiger charge is 2.26. The summed E-state index contributed by atoms with van der Waals surface area (Å²) < 4.78 is 16.2. The Morgan fingerprint density at radius 2 is 1.97 bits per heavy atom. The molecular formula is C24H27N5O4. The average molecular weight is 450 g/mol. The highest BCUT2D eigenvalue weighted by molar-refractivity contribution is 5.78. The van der Waals surface area contributed by atoms with E-state index in [-0.39, 0.29) is 12.7 Å². The Morgan fingerprint density at radius 1 is 1.15 bits per heavy atom. The lowest BCUT2D eigenvalue weighted by Crippen LogP contribution is -2.41. The molecule has 1 aromatic carbocycles. The number of fused-ring (bicyclic) bond motifs is 1. The molecule has 0 bridgehead atoms. The number of carbonyl (C=O) groups excluding carboxylic acids is 1. The zero-order chi connectivity index (χ0) is 22.8. The van der Waals surface area contributed by atoms with Gasteiger partial charge < -0.3 is 19.3 Å². The van der Waals surface area contributed by atoms with Crippen molar-refractivity contribution in [3.05, 3.63) is 53.2 Å². The Kier molecular flexibility index (Phi) is 5.95. The number of hydrogen-bond donors (Lipinski definition) is 1. The summed E-state index contributed by atoms with van der Waals surface area (Å²) in [7, 11) is 0. The average Bonchev–Trinajstić information content (AvgIpc) is 3.46. The van der Waals surface area contributed by atoms with Crippen molar-refractivity contribution >= 4 is 5.91 Å². The third-order valence-corrected chi connectivity index (χ3v) is 6.10. The van der Waals surface area contributed by atoms with Crippen molar-refractivity contribution in [3.8, 4) is 22.8 Å². The molecule has 5 rings (SSSR count).